The summed E-state index contributed by atoms with van der Waals surface area (Å²) in [6, 6.07) is 31.5. The van der Waals surface area contributed by atoms with Gasteiger partial charge < -0.3 is 9.47 Å². The summed E-state index contributed by atoms with van der Waals surface area (Å²) in [5.74, 6) is 0.494. The molecule has 3 aromatic carbocycles. The van der Waals surface area contributed by atoms with Crippen LogP contribution in [0.25, 0.3) is 0 Å². The van der Waals surface area contributed by atoms with Crippen molar-refractivity contribution in [2.45, 2.75) is 32.3 Å². The van der Waals surface area contributed by atoms with Crippen molar-refractivity contribution in [1.29, 1.82) is 0 Å². The first-order valence-electron chi connectivity index (χ1n) is 10.9. The Bertz CT molecular complexity index is 854. The highest BCUT2D eigenvalue weighted by molar-refractivity contribution is 5.15. The van der Waals surface area contributed by atoms with Crippen molar-refractivity contribution >= 4 is 0 Å². The first-order chi connectivity index (χ1) is 14.9. The molecule has 0 bridgehead atoms. The first kappa shape index (κ1) is 20.8. The minimum absolute atomic E-state index is 0.106. The zero-order valence-electron chi connectivity index (χ0n) is 17.5. The van der Waals surface area contributed by atoms with Crippen molar-refractivity contribution in [1.82, 2.24) is 4.90 Å². The van der Waals surface area contributed by atoms with Crippen LogP contribution in [0.2, 0.25) is 0 Å². The molecule has 2 atom stereocenters. The molecule has 3 aromatic rings. The van der Waals surface area contributed by atoms with E-state index in [0.29, 0.717) is 25.7 Å². The van der Waals surface area contributed by atoms with Crippen LogP contribution in [0.4, 0.5) is 0 Å². The Balaban J connectivity index is 1.33. The van der Waals surface area contributed by atoms with E-state index in [2.05, 4.69) is 83.8 Å². The van der Waals surface area contributed by atoms with E-state index < -0.39 is 0 Å². The van der Waals surface area contributed by atoms with E-state index in [-0.39, 0.29) is 6.10 Å². The van der Waals surface area contributed by atoms with Gasteiger partial charge in [-0.05, 0) is 29.7 Å². The van der Waals surface area contributed by atoms with E-state index in [4.69, 9.17) is 9.47 Å². The molecule has 3 nitrogen and oxygen atoms in total. The molecule has 0 radical (unpaired) electrons. The summed E-state index contributed by atoms with van der Waals surface area (Å²) in [6.45, 7) is 5.08. The lowest BCUT2D eigenvalue weighted by Crippen LogP contribution is -2.31. The third kappa shape index (κ3) is 6.27. The second kappa shape index (κ2) is 11.1. The van der Waals surface area contributed by atoms with Crippen molar-refractivity contribution in [3.63, 3.8) is 0 Å². The lowest BCUT2D eigenvalue weighted by Gasteiger charge is -2.25. The molecule has 0 saturated carbocycles. The SMILES string of the molecule is c1ccc(COC[C@@H](OCc2ccccc2)[C@@H]2CCN(Cc3ccccc3)C2)cc1. The number of rotatable bonds is 10. The van der Waals surface area contributed by atoms with Crippen molar-refractivity contribution in [2.24, 2.45) is 5.92 Å². The fraction of sp³-hybridized carbons (Fsp3) is 0.333. The molecule has 1 fully saturated rings. The maximum absolute atomic E-state index is 6.40. The van der Waals surface area contributed by atoms with Gasteiger partial charge in [-0.1, -0.05) is 91.0 Å². The maximum atomic E-state index is 6.40. The Hall–Kier alpha value is -2.46. The molecular weight excluding hydrogens is 370 g/mol. The van der Waals surface area contributed by atoms with Gasteiger partial charge in [0.05, 0.1) is 25.9 Å². The van der Waals surface area contributed by atoms with Crippen LogP contribution in [-0.2, 0) is 29.2 Å². The number of hydrogen-bond acceptors (Lipinski definition) is 3. The highest BCUT2D eigenvalue weighted by atomic mass is 16.5. The topological polar surface area (TPSA) is 21.7 Å². The van der Waals surface area contributed by atoms with E-state index >= 15 is 0 Å². The fourth-order valence-corrected chi connectivity index (χ4v) is 4.12. The molecule has 0 spiro atoms. The first-order valence-corrected chi connectivity index (χ1v) is 10.9. The van der Waals surface area contributed by atoms with Crippen molar-refractivity contribution in [2.75, 3.05) is 19.7 Å². The van der Waals surface area contributed by atoms with E-state index in [9.17, 15) is 0 Å². The fourth-order valence-electron chi connectivity index (χ4n) is 4.12. The molecule has 1 heterocycles. The zero-order valence-corrected chi connectivity index (χ0v) is 17.5. The zero-order chi connectivity index (χ0) is 20.4. The van der Waals surface area contributed by atoms with Gasteiger partial charge in [-0.2, -0.15) is 0 Å². The normalized spacial score (nSPS) is 17.8. The average molecular weight is 402 g/mol. The van der Waals surface area contributed by atoms with Gasteiger partial charge in [-0.3, -0.25) is 4.90 Å². The molecule has 1 aliphatic heterocycles. The number of nitrogens with zero attached hydrogens (tertiary/aromatic N) is 1. The standard InChI is InChI=1S/C27H31NO2/c1-4-10-23(11-5-1)18-28-17-16-26(19-28)27(30-21-25-14-8-3-9-15-25)22-29-20-24-12-6-2-7-13-24/h1-15,26-27H,16-22H2/t26-,27-/m1/s1. The summed E-state index contributed by atoms with van der Waals surface area (Å²) in [5, 5.41) is 0. The molecule has 3 heteroatoms. The van der Waals surface area contributed by atoms with Crippen LogP contribution in [0, 0.1) is 5.92 Å². The third-order valence-corrected chi connectivity index (χ3v) is 5.78. The summed E-state index contributed by atoms with van der Waals surface area (Å²) in [5.41, 5.74) is 3.79. The van der Waals surface area contributed by atoms with E-state index in [1.54, 1.807) is 0 Å². The molecule has 30 heavy (non-hydrogen) atoms. The Morgan fingerprint density at radius 1 is 0.733 bits per heavy atom. The van der Waals surface area contributed by atoms with Crippen molar-refractivity contribution < 1.29 is 9.47 Å². The minimum atomic E-state index is 0.106. The molecule has 0 aliphatic carbocycles. The summed E-state index contributed by atoms with van der Waals surface area (Å²) in [4.78, 5) is 2.54. The van der Waals surface area contributed by atoms with Gasteiger partial charge in [-0.15, -0.1) is 0 Å². The summed E-state index contributed by atoms with van der Waals surface area (Å²) in [7, 11) is 0. The van der Waals surface area contributed by atoms with Gasteiger partial charge in [0.15, 0.2) is 0 Å². The average Bonchev–Trinajstić information content (AvgIpc) is 3.26. The molecule has 4 rings (SSSR count). The van der Waals surface area contributed by atoms with Crippen LogP contribution in [0.3, 0.4) is 0 Å². The van der Waals surface area contributed by atoms with Gasteiger partial charge in [-0.25, -0.2) is 0 Å². The van der Waals surface area contributed by atoms with Crippen LogP contribution in [0.5, 0.6) is 0 Å². The number of benzene rings is 3. The van der Waals surface area contributed by atoms with Crippen molar-refractivity contribution in [3.05, 3.63) is 108 Å². The van der Waals surface area contributed by atoms with Crippen LogP contribution < -0.4 is 0 Å². The number of likely N-dealkylation sites (tertiary alicyclic amines) is 1. The van der Waals surface area contributed by atoms with Crippen LogP contribution in [0.15, 0.2) is 91.0 Å². The third-order valence-electron chi connectivity index (χ3n) is 5.78. The summed E-state index contributed by atoms with van der Waals surface area (Å²) < 4.78 is 12.5. The molecule has 0 amide bonds. The van der Waals surface area contributed by atoms with E-state index in [0.717, 1.165) is 26.1 Å². The maximum Gasteiger partial charge on any atom is 0.0853 e. The van der Waals surface area contributed by atoms with Crippen molar-refractivity contribution in [3.8, 4) is 0 Å². The molecule has 0 aromatic heterocycles. The summed E-state index contributed by atoms with van der Waals surface area (Å²) in [6.07, 6.45) is 1.26. The monoisotopic (exact) mass is 401 g/mol. The molecule has 0 unspecified atom stereocenters. The van der Waals surface area contributed by atoms with Gasteiger partial charge >= 0.3 is 0 Å². The number of ether oxygens (including phenoxy) is 2. The Morgan fingerprint density at radius 3 is 1.93 bits per heavy atom. The van der Waals surface area contributed by atoms with Crippen LogP contribution in [0.1, 0.15) is 23.1 Å². The summed E-state index contributed by atoms with van der Waals surface area (Å²) >= 11 is 0. The Kier molecular flexibility index (Phi) is 7.68. The van der Waals surface area contributed by atoms with Gasteiger partial charge in [0.25, 0.3) is 0 Å². The lowest BCUT2D eigenvalue weighted by molar-refractivity contribution is -0.0564. The largest absolute Gasteiger partial charge is 0.374 e. The molecule has 1 saturated heterocycles. The molecule has 0 N–H and O–H groups in total. The lowest BCUT2D eigenvalue weighted by atomic mass is 10.0. The second-order valence-electron chi connectivity index (χ2n) is 8.11. The highest BCUT2D eigenvalue weighted by Gasteiger charge is 2.30. The van der Waals surface area contributed by atoms with Gasteiger partial charge in [0.2, 0.25) is 0 Å². The number of hydrogen-bond donors (Lipinski definition) is 0. The Morgan fingerprint density at radius 2 is 1.30 bits per heavy atom. The van der Waals surface area contributed by atoms with Gasteiger partial charge in [0.1, 0.15) is 0 Å². The van der Waals surface area contributed by atoms with E-state index in [1.165, 1.54) is 16.7 Å². The van der Waals surface area contributed by atoms with Crippen LogP contribution >= 0.6 is 0 Å². The molecule has 1 aliphatic rings. The smallest absolute Gasteiger partial charge is 0.0853 e. The highest BCUT2D eigenvalue weighted by Crippen LogP contribution is 2.25. The predicted octanol–water partition coefficient (Wildman–Crippen LogP) is 5.31. The molecular formula is C27H31NO2. The molecule has 156 valence electrons. The van der Waals surface area contributed by atoms with E-state index in [1.807, 2.05) is 12.1 Å². The predicted molar refractivity (Wildman–Crippen MR) is 121 cm³/mol. The van der Waals surface area contributed by atoms with Crippen LogP contribution in [-0.4, -0.2) is 30.7 Å². The second-order valence-corrected chi connectivity index (χ2v) is 8.11. The quantitative estimate of drug-likeness (QED) is 0.459. The Labute approximate surface area is 180 Å². The van der Waals surface area contributed by atoms with Gasteiger partial charge in [0, 0.05) is 19.0 Å². The minimum Gasteiger partial charge on any atom is -0.374 e.